The van der Waals surface area contributed by atoms with Gasteiger partial charge in [-0.1, -0.05) is 30.3 Å². The first-order valence-electron chi connectivity index (χ1n) is 10.7. The number of hydrogen-bond acceptors (Lipinski definition) is 4. The average Bonchev–Trinajstić information content (AvgIpc) is 2.74. The zero-order chi connectivity index (χ0) is 24.7. The SMILES string of the molecule is C/C=C\C(=O)N(C=O)c1c(C)cc(Cc2cc(C)c(N(C)C(=O)/C=C\C=O)c(C)c2)cc1C. The van der Waals surface area contributed by atoms with Crippen LogP contribution in [0, 0.1) is 27.7 Å². The lowest BCUT2D eigenvalue weighted by atomic mass is 9.95. The molecule has 0 aromatic heterocycles. The number of anilines is 2. The van der Waals surface area contributed by atoms with Crippen molar-refractivity contribution in [2.45, 2.75) is 41.0 Å². The largest absolute Gasteiger partial charge is 0.311 e. The number of aldehydes is 1. The highest BCUT2D eigenvalue weighted by molar-refractivity contribution is 6.13. The summed E-state index contributed by atoms with van der Waals surface area (Å²) < 4.78 is 0. The van der Waals surface area contributed by atoms with E-state index in [1.54, 1.807) is 20.0 Å². The van der Waals surface area contributed by atoms with Crippen molar-refractivity contribution in [2.75, 3.05) is 16.8 Å². The number of allylic oxidation sites excluding steroid dienone is 2. The molecule has 0 aliphatic rings. The Labute approximate surface area is 195 Å². The quantitative estimate of drug-likeness (QED) is 0.448. The summed E-state index contributed by atoms with van der Waals surface area (Å²) in [5.74, 6) is -0.648. The molecule has 33 heavy (non-hydrogen) atoms. The van der Waals surface area contributed by atoms with Crippen LogP contribution in [-0.4, -0.2) is 31.6 Å². The van der Waals surface area contributed by atoms with Crippen molar-refractivity contribution in [2.24, 2.45) is 0 Å². The summed E-state index contributed by atoms with van der Waals surface area (Å²) in [6.07, 6.45) is 7.19. The lowest BCUT2D eigenvalue weighted by Gasteiger charge is -2.22. The average molecular weight is 447 g/mol. The maximum Gasteiger partial charge on any atom is 0.257 e. The molecule has 172 valence electrons. The summed E-state index contributed by atoms with van der Waals surface area (Å²) in [6.45, 7) is 9.41. The fourth-order valence-electron chi connectivity index (χ4n) is 4.22. The molecule has 2 rings (SSSR count). The lowest BCUT2D eigenvalue weighted by molar-refractivity contribution is -0.118. The second-order valence-electron chi connectivity index (χ2n) is 8.04. The number of amides is 3. The number of rotatable bonds is 8. The van der Waals surface area contributed by atoms with E-state index < -0.39 is 0 Å². The molecule has 0 saturated heterocycles. The molecule has 6 nitrogen and oxygen atoms in total. The van der Waals surface area contributed by atoms with Crippen LogP contribution in [0.2, 0.25) is 0 Å². The smallest absolute Gasteiger partial charge is 0.257 e. The van der Waals surface area contributed by atoms with Gasteiger partial charge in [0.1, 0.15) is 6.29 Å². The van der Waals surface area contributed by atoms with E-state index in [9.17, 15) is 19.2 Å². The van der Waals surface area contributed by atoms with Crippen LogP contribution in [0.15, 0.2) is 48.6 Å². The third-order valence-corrected chi connectivity index (χ3v) is 5.39. The first kappa shape index (κ1) is 25.5. The Morgan fingerprint density at radius 1 is 0.788 bits per heavy atom. The monoisotopic (exact) mass is 446 g/mol. The molecule has 2 aromatic rings. The van der Waals surface area contributed by atoms with E-state index in [0.29, 0.717) is 24.8 Å². The van der Waals surface area contributed by atoms with Crippen LogP contribution in [-0.2, 0) is 25.6 Å². The van der Waals surface area contributed by atoms with Gasteiger partial charge in [0.2, 0.25) is 6.41 Å². The molecule has 0 aliphatic carbocycles. The van der Waals surface area contributed by atoms with Crippen molar-refractivity contribution in [1.29, 1.82) is 0 Å². The minimum absolute atomic E-state index is 0.268. The molecule has 0 radical (unpaired) electrons. The molecule has 0 N–H and O–H groups in total. The van der Waals surface area contributed by atoms with Gasteiger partial charge >= 0.3 is 0 Å². The van der Waals surface area contributed by atoms with Gasteiger partial charge < -0.3 is 4.90 Å². The van der Waals surface area contributed by atoms with Crippen LogP contribution in [0.3, 0.4) is 0 Å². The number of benzene rings is 2. The normalized spacial score (nSPS) is 11.1. The molecular weight excluding hydrogens is 416 g/mol. The Bertz CT molecular complexity index is 1100. The molecule has 6 heteroatoms. The molecule has 0 saturated carbocycles. The van der Waals surface area contributed by atoms with Gasteiger partial charge in [-0.15, -0.1) is 0 Å². The summed E-state index contributed by atoms with van der Waals surface area (Å²) in [6, 6.07) is 8.06. The van der Waals surface area contributed by atoms with Crippen molar-refractivity contribution in [3.63, 3.8) is 0 Å². The van der Waals surface area contributed by atoms with Gasteiger partial charge in [0.05, 0.1) is 5.69 Å². The molecule has 0 aliphatic heterocycles. The maximum atomic E-state index is 12.3. The predicted octanol–water partition coefficient (Wildman–Crippen LogP) is 4.29. The molecule has 0 bridgehead atoms. The molecule has 2 aromatic carbocycles. The summed E-state index contributed by atoms with van der Waals surface area (Å²) in [7, 11) is 1.69. The second-order valence-corrected chi connectivity index (χ2v) is 8.04. The van der Waals surface area contributed by atoms with Gasteiger partial charge in [0.25, 0.3) is 11.8 Å². The van der Waals surface area contributed by atoms with E-state index in [2.05, 4.69) is 0 Å². The van der Waals surface area contributed by atoms with Crippen LogP contribution in [0.1, 0.15) is 40.3 Å². The molecule has 0 fully saturated rings. The van der Waals surface area contributed by atoms with E-state index in [1.807, 2.05) is 52.0 Å². The van der Waals surface area contributed by atoms with Gasteiger partial charge in [-0.05, 0) is 86.6 Å². The van der Waals surface area contributed by atoms with Crippen LogP contribution in [0.5, 0.6) is 0 Å². The van der Waals surface area contributed by atoms with E-state index in [-0.39, 0.29) is 11.8 Å². The van der Waals surface area contributed by atoms with Gasteiger partial charge in [-0.2, -0.15) is 0 Å². The van der Waals surface area contributed by atoms with Crippen molar-refractivity contribution in [3.8, 4) is 0 Å². The molecule has 0 unspecified atom stereocenters. The Kier molecular flexibility index (Phi) is 8.63. The lowest BCUT2D eigenvalue weighted by Crippen LogP contribution is -2.29. The van der Waals surface area contributed by atoms with Crippen molar-refractivity contribution < 1.29 is 19.2 Å². The zero-order valence-corrected chi connectivity index (χ0v) is 20.0. The summed E-state index contributed by atoms with van der Waals surface area (Å²) in [4.78, 5) is 49.3. The van der Waals surface area contributed by atoms with Gasteiger partial charge in [-0.3, -0.25) is 19.2 Å². The number of carbonyl (C=O) groups excluding carboxylic acids is 4. The fourth-order valence-corrected chi connectivity index (χ4v) is 4.22. The topological polar surface area (TPSA) is 74.8 Å². The highest BCUT2D eigenvalue weighted by Crippen LogP contribution is 2.30. The minimum atomic E-state index is -0.380. The Hall–Kier alpha value is -3.80. The number of aryl methyl sites for hydroxylation is 4. The molecule has 0 heterocycles. The van der Waals surface area contributed by atoms with Crippen LogP contribution >= 0.6 is 0 Å². The van der Waals surface area contributed by atoms with Crippen molar-refractivity contribution >= 4 is 35.9 Å². The zero-order valence-electron chi connectivity index (χ0n) is 20.0. The van der Waals surface area contributed by atoms with Crippen LogP contribution in [0.25, 0.3) is 0 Å². The molecular formula is C27H30N2O4. The Morgan fingerprint density at radius 3 is 1.70 bits per heavy atom. The number of hydrogen-bond donors (Lipinski definition) is 0. The summed E-state index contributed by atoms with van der Waals surface area (Å²) in [5.41, 5.74) is 7.14. The summed E-state index contributed by atoms with van der Waals surface area (Å²) in [5, 5.41) is 0. The minimum Gasteiger partial charge on any atom is -0.311 e. The number of carbonyl (C=O) groups is 4. The standard InChI is InChI=1S/C27H30N2O4/c1-7-9-25(33)29(17-31)27-20(4)14-23(15-21(27)5)16-22-12-18(2)26(19(3)13-22)28(6)24(32)10-8-11-30/h7-15,17H,16H2,1-6H3/b9-7-,10-8-. The van der Waals surface area contributed by atoms with Crippen molar-refractivity contribution in [1.82, 2.24) is 0 Å². The Morgan fingerprint density at radius 2 is 1.27 bits per heavy atom. The highest BCUT2D eigenvalue weighted by Gasteiger charge is 2.18. The molecule has 0 atom stereocenters. The Balaban J connectivity index is 2.37. The third-order valence-electron chi connectivity index (χ3n) is 5.39. The number of nitrogens with zero attached hydrogens (tertiary/aromatic N) is 2. The second kappa shape index (κ2) is 11.2. The van der Waals surface area contributed by atoms with E-state index in [4.69, 9.17) is 0 Å². The highest BCUT2D eigenvalue weighted by atomic mass is 16.2. The first-order valence-corrected chi connectivity index (χ1v) is 10.7. The third kappa shape index (κ3) is 5.92. The van der Waals surface area contributed by atoms with Crippen LogP contribution in [0.4, 0.5) is 11.4 Å². The van der Waals surface area contributed by atoms with Crippen LogP contribution < -0.4 is 9.80 Å². The summed E-state index contributed by atoms with van der Waals surface area (Å²) >= 11 is 0. The fraction of sp³-hybridized carbons (Fsp3) is 0.259. The van der Waals surface area contributed by atoms with E-state index >= 15 is 0 Å². The predicted molar refractivity (Wildman–Crippen MR) is 132 cm³/mol. The van der Waals surface area contributed by atoms with Gasteiger partial charge in [0.15, 0.2) is 0 Å². The van der Waals surface area contributed by atoms with Gasteiger partial charge in [-0.25, -0.2) is 4.90 Å². The van der Waals surface area contributed by atoms with E-state index in [1.165, 1.54) is 23.1 Å². The number of likely N-dealkylation sites (N-methyl/N-ethyl adjacent to an activating group) is 1. The molecule has 3 amide bonds. The van der Waals surface area contributed by atoms with E-state index in [0.717, 1.165) is 44.0 Å². The van der Waals surface area contributed by atoms with Crippen molar-refractivity contribution in [3.05, 3.63) is 82.0 Å². The maximum absolute atomic E-state index is 12.3. The first-order chi connectivity index (χ1) is 15.6. The van der Waals surface area contributed by atoms with Gasteiger partial charge in [0, 0.05) is 18.8 Å². The number of imide groups is 1. The molecule has 0 spiro atoms.